The minimum absolute atomic E-state index is 0.0514. The van der Waals surface area contributed by atoms with Gasteiger partial charge in [-0.1, -0.05) is 42.5 Å². The van der Waals surface area contributed by atoms with Gasteiger partial charge >= 0.3 is 0 Å². The van der Waals surface area contributed by atoms with Crippen molar-refractivity contribution < 1.29 is 13.5 Å². The Morgan fingerprint density at radius 1 is 0.968 bits per heavy atom. The van der Waals surface area contributed by atoms with Gasteiger partial charge in [0.25, 0.3) is 0 Å². The van der Waals surface area contributed by atoms with Gasteiger partial charge in [-0.25, -0.2) is 8.42 Å². The monoisotopic (exact) mass is 432 g/mol. The van der Waals surface area contributed by atoms with Gasteiger partial charge in [-0.05, 0) is 66.3 Å². The number of hydrogen-bond acceptors (Lipinski definition) is 3. The Balaban J connectivity index is 1.52. The van der Waals surface area contributed by atoms with Crippen LogP contribution in [0.1, 0.15) is 29.2 Å². The van der Waals surface area contributed by atoms with Crippen molar-refractivity contribution in [3.8, 4) is 5.75 Å². The average Bonchev–Trinajstić information content (AvgIpc) is 3.39. The lowest BCUT2D eigenvalue weighted by molar-refractivity contribution is 0.325. The highest BCUT2D eigenvalue weighted by Crippen LogP contribution is 2.39. The molecule has 158 valence electrons. The third-order valence-corrected chi connectivity index (χ3v) is 8.09. The molecule has 1 heterocycles. The quantitative estimate of drug-likeness (QED) is 0.460. The number of phenolic OH excluding ortho intramolecular Hbond substituents is 1. The molecule has 0 spiro atoms. The van der Waals surface area contributed by atoms with Crippen LogP contribution in [0.25, 0.3) is 10.9 Å². The molecule has 1 aliphatic rings. The van der Waals surface area contributed by atoms with E-state index in [-0.39, 0.29) is 16.7 Å². The molecule has 0 fully saturated rings. The SMILES string of the molecule is O=S(=O)(c1ccc(O)cc1)N(CCc1c[nH]c2ccccc12)C1CCc2ccccc21. The summed E-state index contributed by atoms with van der Waals surface area (Å²) in [7, 11) is -3.74. The van der Waals surface area contributed by atoms with Crippen molar-refractivity contribution in [2.24, 2.45) is 0 Å². The number of aryl methyl sites for hydroxylation is 1. The average molecular weight is 433 g/mol. The molecule has 1 aromatic heterocycles. The topological polar surface area (TPSA) is 73.4 Å². The van der Waals surface area contributed by atoms with Crippen molar-refractivity contribution in [1.29, 1.82) is 0 Å². The highest BCUT2D eigenvalue weighted by Gasteiger charge is 2.36. The fraction of sp³-hybridized carbons (Fsp3) is 0.200. The van der Waals surface area contributed by atoms with Gasteiger partial charge < -0.3 is 10.1 Å². The standard InChI is InChI=1S/C25H24N2O3S/c28-20-10-12-21(13-11-20)31(29,30)27(25-14-9-18-5-1-2-7-23(18)25)16-15-19-17-26-24-8-4-3-6-22(19)24/h1-8,10-13,17,25-26,28H,9,14-16H2. The molecule has 1 atom stereocenters. The van der Waals surface area contributed by atoms with Crippen molar-refractivity contribution in [1.82, 2.24) is 9.29 Å². The molecule has 3 aromatic carbocycles. The lowest BCUT2D eigenvalue weighted by atomic mass is 10.1. The van der Waals surface area contributed by atoms with E-state index in [1.807, 2.05) is 42.6 Å². The van der Waals surface area contributed by atoms with Gasteiger partial charge in [0.15, 0.2) is 0 Å². The largest absolute Gasteiger partial charge is 0.508 e. The highest BCUT2D eigenvalue weighted by molar-refractivity contribution is 7.89. The molecule has 0 saturated carbocycles. The second-order valence-corrected chi connectivity index (χ2v) is 9.86. The van der Waals surface area contributed by atoms with Crippen LogP contribution < -0.4 is 0 Å². The maximum atomic E-state index is 13.7. The Kier molecular flexibility index (Phi) is 5.04. The summed E-state index contributed by atoms with van der Waals surface area (Å²) in [5.74, 6) is 0.0514. The highest BCUT2D eigenvalue weighted by atomic mass is 32.2. The number of sulfonamides is 1. The first-order chi connectivity index (χ1) is 15.0. The first-order valence-electron chi connectivity index (χ1n) is 10.5. The van der Waals surface area contributed by atoms with E-state index in [9.17, 15) is 13.5 Å². The Morgan fingerprint density at radius 3 is 2.55 bits per heavy atom. The van der Waals surface area contributed by atoms with Gasteiger partial charge in [-0.3, -0.25) is 0 Å². The number of aromatic nitrogens is 1. The summed E-state index contributed by atoms with van der Waals surface area (Å²) in [6, 6.07) is 21.8. The normalized spacial score (nSPS) is 16.1. The van der Waals surface area contributed by atoms with Crippen LogP contribution in [-0.4, -0.2) is 29.4 Å². The predicted molar refractivity (Wildman–Crippen MR) is 122 cm³/mol. The van der Waals surface area contributed by atoms with E-state index in [2.05, 4.69) is 17.1 Å². The molecular formula is C25H24N2O3S. The fourth-order valence-corrected chi connectivity index (χ4v) is 6.24. The van der Waals surface area contributed by atoms with Crippen molar-refractivity contribution in [3.05, 3.63) is 95.7 Å². The summed E-state index contributed by atoms with van der Waals surface area (Å²) in [6.45, 7) is 0.379. The molecule has 31 heavy (non-hydrogen) atoms. The van der Waals surface area contributed by atoms with E-state index in [1.54, 1.807) is 4.31 Å². The van der Waals surface area contributed by atoms with E-state index >= 15 is 0 Å². The molecule has 0 aliphatic heterocycles. The van der Waals surface area contributed by atoms with Crippen LogP contribution in [0, 0.1) is 0 Å². The van der Waals surface area contributed by atoms with E-state index in [1.165, 1.54) is 29.8 Å². The number of benzene rings is 3. The predicted octanol–water partition coefficient (Wildman–Crippen LogP) is 4.79. The molecule has 5 nitrogen and oxygen atoms in total. The maximum Gasteiger partial charge on any atom is 0.243 e. The number of fused-ring (bicyclic) bond motifs is 2. The van der Waals surface area contributed by atoms with E-state index in [0.717, 1.165) is 34.9 Å². The Bertz CT molecular complexity index is 1330. The van der Waals surface area contributed by atoms with Gasteiger partial charge in [0.1, 0.15) is 5.75 Å². The molecule has 0 saturated heterocycles. The number of hydrogen-bond donors (Lipinski definition) is 2. The molecule has 0 bridgehead atoms. The smallest absolute Gasteiger partial charge is 0.243 e. The third kappa shape index (κ3) is 3.62. The second kappa shape index (κ2) is 7.87. The second-order valence-electron chi connectivity index (χ2n) is 7.97. The molecule has 2 N–H and O–H groups in total. The number of aromatic hydroxyl groups is 1. The molecule has 6 heteroatoms. The zero-order valence-corrected chi connectivity index (χ0v) is 17.8. The molecule has 1 unspecified atom stereocenters. The number of nitrogens with one attached hydrogen (secondary N) is 1. The summed E-state index contributed by atoms with van der Waals surface area (Å²) in [5.41, 5.74) is 4.46. The molecule has 0 radical (unpaired) electrons. The van der Waals surface area contributed by atoms with Crippen molar-refractivity contribution in [2.75, 3.05) is 6.54 Å². The van der Waals surface area contributed by atoms with Crippen LogP contribution in [0.2, 0.25) is 0 Å². The maximum absolute atomic E-state index is 13.7. The summed E-state index contributed by atoms with van der Waals surface area (Å²) in [6.07, 6.45) is 4.22. The first-order valence-corrected chi connectivity index (χ1v) is 11.9. The van der Waals surface area contributed by atoms with E-state index < -0.39 is 10.0 Å². The van der Waals surface area contributed by atoms with Crippen LogP contribution in [0.3, 0.4) is 0 Å². The summed E-state index contributed by atoms with van der Waals surface area (Å²) < 4.78 is 29.0. The number of nitrogens with zero attached hydrogens (tertiary/aromatic N) is 1. The number of phenols is 1. The molecule has 1 aliphatic carbocycles. The van der Waals surface area contributed by atoms with Gasteiger partial charge in [-0.2, -0.15) is 4.31 Å². The van der Waals surface area contributed by atoms with Crippen LogP contribution >= 0.6 is 0 Å². The van der Waals surface area contributed by atoms with Crippen molar-refractivity contribution >= 4 is 20.9 Å². The van der Waals surface area contributed by atoms with Crippen LogP contribution in [0.15, 0.2) is 83.9 Å². The van der Waals surface area contributed by atoms with Crippen LogP contribution in [0.4, 0.5) is 0 Å². The summed E-state index contributed by atoms with van der Waals surface area (Å²) in [5, 5.41) is 10.7. The fourth-order valence-electron chi connectivity index (χ4n) is 4.60. The van der Waals surface area contributed by atoms with Crippen molar-refractivity contribution in [3.63, 3.8) is 0 Å². The Hall–Kier alpha value is -3.09. The molecule has 0 amide bonds. The first kappa shape index (κ1) is 19.8. The number of aromatic amines is 1. The third-order valence-electron chi connectivity index (χ3n) is 6.17. The molecule has 5 rings (SSSR count). The van der Waals surface area contributed by atoms with Gasteiger partial charge in [0.2, 0.25) is 10.0 Å². The number of H-pyrrole nitrogens is 1. The number of rotatable bonds is 6. The summed E-state index contributed by atoms with van der Waals surface area (Å²) >= 11 is 0. The molecular weight excluding hydrogens is 408 g/mol. The van der Waals surface area contributed by atoms with Gasteiger partial charge in [-0.15, -0.1) is 0 Å². The van der Waals surface area contributed by atoms with Crippen LogP contribution in [-0.2, 0) is 22.9 Å². The minimum Gasteiger partial charge on any atom is -0.508 e. The Labute approximate surface area is 182 Å². The van der Waals surface area contributed by atoms with Crippen molar-refractivity contribution in [2.45, 2.75) is 30.2 Å². The zero-order chi connectivity index (χ0) is 21.4. The van der Waals surface area contributed by atoms with Gasteiger partial charge in [0, 0.05) is 23.6 Å². The molecule has 4 aromatic rings. The Morgan fingerprint density at radius 2 is 1.71 bits per heavy atom. The van der Waals surface area contributed by atoms with Gasteiger partial charge in [0.05, 0.1) is 10.9 Å². The lowest BCUT2D eigenvalue weighted by Crippen LogP contribution is -2.35. The minimum atomic E-state index is -3.74. The van der Waals surface area contributed by atoms with E-state index in [0.29, 0.717) is 13.0 Å². The van der Waals surface area contributed by atoms with E-state index in [4.69, 9.17) is 0 Å². The summed E-state index contributed by atoms with van der Waals surface area (Å²) in [4.78, 5) is 3.48. The lowest BCUT2D eigenvalue weighted by Gasteiger charge is -2.29. The number of para-hydroxylation sites is 1. The van der Waals surface area contributed by atoms with Crippen LogP contribution in [0.5, 0.6) is 5.75 Å². The zero-order valence-electron chi connectivity index (χ0n) is 17.0.